The summed E-state index contributed by atoms with van der Waals surface area (Å²) >= 11 is 0. The molecule has 0 radical (unpaired) electrons. The van der Waals surface area contributed by atoms with E-state index in [1.807, 2.05) is 0 Å². The van der Waals surface area contributed by atoms with Crippen molar-refractivity contribution in [1.82, 2.24) is 0 Å². The van der Waals surface area contributed by atoms with Crippen molar-refractivity contribution in [3.05, 3.63) is 285 Å². The Hall–Kier alpha value is -8.06. The van der Waals surface area contributed by atoms with E-state index in [0.29, 0.717) is 0 Å². The van der Waals surface area contributed by atoms with Gasteiger partial charge in [0, 0.05) is 11.8 Å². The number of rotatable bonds is 8. The first kappa shape index (κ1) is 37.7. The molecule has 10 aromatic rings. The maximum absolute atomic E-state index is 2.38. The molecule has 2 aliphatic carbocycles. The zero-order valence-corrected chi connectivity index (χ0v) is 35.4. The molecule has 0 aromatic heterocycles. The average molecular weight is 813 g/mol. The molecule has 0 aliphatic heterocycles. The Morgan fingerprint density at radius 3 is 1.03 bits per heavy atom. The molecule has 0 fully saturated rings. The lowest BCUT2D eigenvalue weighted by Crippen LogP contribution is -1.98. The summed E-state index contributed by atoms with van der Waals surface area (Å²) in [5.41, 5.74) is 20.8. The topological polar surface area (TPSA) is 0 Å². The minimum Gasteiger partial charge on any atom is -0.0622 e. The van der Waals surface area contributed by atoms with Gasteiger partial charge in [-0.05, 0) is 141 Å². The van der Waals surface area contributed by atoms with Gasteiger partial charge >= 0.3 is 0 Å². The van der Waals surface area contributed by atoms with Gasteiger partial charge in [-0.2, -0.15) is 0 Å². The third-order valence-corrected chi connectivity index (χ3v) is 13.3. The number of benzene rings is 10. The largest absolute Gasteiger partial charge is 0.0622 e. The summed E-state index contributed by atoms with van der Waals surface area (Å²) in [6.45, 7) is 0. The molecule has 0 N–H and O–H groups in total. The van der Waals surface area contributed by atoms with Crippen LogP contribution >= 0.6 is 0 Å². The van der Waals surface area contributed by atoms with E-state index in [4.69, 9.17) is 0 Å². The van der Waals surface area contributed by atoms with Crippen molar-refractivity contribution < 1.29 is 0 Å². The SMILES string of the molecule is C(=C\c1ccc2cc(/C=C/c3ccc4cc(/C=C/c5ccc6c(c5)C(c5ccccc5)c5ccccc5-6)ccc4c3)ccc2c1)/c1ccc2c(c1)-c1ccccc1C2c1ccccc1. The summed E-state index contributed by atoms with van der Waals surface area (Å²) in [5.74, 6) is 0.529. The van der Waals surface area contributed by atoms with Gasteiger partial charge in [0.15, 0.2) is 0 Å². The summed E-state index contributed by atoms with van der Waals surface area (Å²) in [6.07, 6.45) is 13.4. The Labute approximate surface area is 375 Å². The van der Waals surface area contributed by atoms with Crippen LogP contribution in [0.1, 0.15) is 78.6 Å². The smallest absolute Gasteiger partial charge is 0.0352 e. The third-order valence-electron chi connectivity index (χ3n) is 13.3. The lowest BCUT2D eigenvalue weighted by molar-refractivity contribution is 1.01. The van der Waals surface area contributed by atoms with Crippen LogP contribution in [0.25, 0.3) is 80.3 Å². The normalized spacial score (nSPS) is 15.0. The molecular weight excluding hydrogens is 769 g/mol. The van der Waals surface area contributed by atoms with Crippen LogP contribution in [-0.4, -0.2) is 0 Å². The lowest BCUT2D eigenvalue weighted by Gasteiger charge is -2.14. The molecule has 0 saturated carbocycles. The Balaban J connectivity index is 0.731. The van der Waals surface area contributed by atoms with E-state index >= 15 is 0 Å². The lowest BCUT2D eigenvalue weighted by atomic mass is 9.89. The molecule has 2 aliphatic rings. The monoisotopic (exact) mass is 812 g/mol. The average Bonchev–Trinajstić information content (AvgIpc) is 3.87. The molecule has 12 rings (SSSR count). The Morgan fingerprint density at radius 2 is 0.547 bits per heavy atom. The Bertz CT molecular complexity index is 3490. The summed E-state index contributed by atoms with van der Waals surface area (Å²) in [4.78, 5) is 0. The van der Waals surface area contributed by atoms with E-state index < -0.39 is 0 Å². The maximum atomic E-state index is 2.38. The van der Waals surface area contributed by atoms with Gasteiger partial charge in [0.2, 0.25) is 0 Å². The van der Waals surface area contributed by atoms with Gasteiger partial charge in [0.25, 0.3) is 0 Å². The van der Waals surface area contributed by atoms with Crippen molar-refractivity contribution in [2.45, 2.75) is 11.8 Å². The summed E-state index contributed by atoms with van der Waals surface area (Å²) < 4.78 is 0. The van der Waals surface area contributed by atoms with E-state index in [0.717, 1.165) is 0 Å². The van der Waals surface area contributed by atoms with Gasteiger partial charge in [0.1, 0.15) is 0 Å². The molecule has 64 heavy (non-hydrogen) atoms. The molecule has 2 atom stereocenters. The maximum Gasteiger partial charge on any atom is 0.0352 e. The van der Waals surface area contributed by atoms with Gasteiger partial charge in [-0.3, -0.25) is 0 Å². The van der Waals surface area contributed by atoms with Crippen LogP contribution in [0, 0.1) is 0 Å². The highest BCUT2D eigenvalue weighted by Gasteiger charge is 2.30. The van der Waals surface area contributed by atoms with E-state index in [1.54, 1.807) is 0 Å². The number of hydrogen-bond donors (Lipinski definition) is 0. The highest BCUT2D eigenvalue weighted by Crippen LogP contribution is 2.49. The molecule has 0 spiro atoms. The minimum absolute atomic E-state index is 0.254. The quantitative estimate of drug-likeness (QED) is 0.134. The van der Waals surface area contributed by atoms with Crippen LogP contribution in [0.4, 0.5) is 0 Å². The zero-order valence-electron chi connectivity index (χ0n) is 35.4. The standard InChI is InChI=1S/C64H44/c1-3-11-49(12-4-1)63-59-18-10-8-16-56(59)61-41-47(30-36-60(61)63)23-21-45-27-33-51-37-43(25-31-53(51)39-45)19-20-44-26-32-54-40-46(28-34-52(54)38-44)22-24-48-29-35-57-55-15-7-9-17-58(55)64(62(57)42-48)50-13-5-2-6-14-50/h1-42,63-64H/b20-19+,23-21+,24-22+. The van der Waals surface area contributed by atoms with Crippen molar-refractivity contribution in [1.29, 1.82) is 0 Å². The van der Waals surface area contributed by atoms with Gasteiger partial charge in [-0.15, -0.1) is 0 Å². The van der Waals surface area contributed by atoms with Crippen molar-refractivity contribution in [2.75, 3.05) is 0 Å². The number of hydrogen-bond acceptors (Lipinski definition) is 0. The predicted molar refractivity (Wildman–Crippen MR) is 273 cm³/mol. The number of fused-ring (bicyclic) bond motifs is 8. The molecular formula is C64H44. The zero-order chi connectivity index (χ0) is 42.4. The van der Waals surface area contributed by atoms with Gasteiger partial charge in [-0.1, -0.05) is 225 Å². The second-order valence-corrected chi connectivity index (χ2v) is 17.3. The molecule has 0 saturated heterocycles. The molecule has 0 nitrogen and oxygen atoms in total. The van der Waals surface area contributed by atoms with Gasteiger partial charge in [0.05, 0.1) is 0 Å². The van der Waals surface area contributed by atoms with Gasteiger partial charge in [-0.25, -0.2) is 0 Å². The molecule has 10 aromatic carbocycles. The van der Waals surface area contributed by atoms with Crippen LogP contribution in [0.5, 0.6) is 0 Å². The highest BCUT2D eigenvalue weighted by molar-refractivity contribution is 5.92. The summed E-state index contributed by atoms with van der Waals surface area (Å²) in [7, 11) is 0. The first-order chi connectivity index (χ1) is 31.7. The first-order valence-electron chi connectivity index (χ1n) is 22.4. The fourth-order valence-electron chi connectivity index (χ4n) is 10.2. The predicted octanol–water partition coefficient (Wildman–Crippen LogP) is 16.8. The van der Waals surface area contributed by atoms with Crippen molar-refractivity contribution in [2.24, 2.45) is 0 Å². The second-order valence-electron chi connectivity index (χ2n) is 17.3. The second kappa shape index (κ2) is 16.0. The van der Waals surface area contributed by atoms with Crippen LogP contribution in [0.3, 0.4) is 0 Å². The van der Waals surface area contributed by atoms with E-state index in [9.17, 15) is 0 Å². The van der Waals surface area contributed by atoms with E-state index in [-0.39, 0.29) is 11.8 Å². The molecule has 2 unspecified atom stereocenters. The van der Waals surface area contributed by atoms with Crippen molar-refractivity contribution >= 4 is 58.0 Å². The minimum atomic E-state index is 0.254. The molecule has 300 valence electrons. The summed E-state index contributed by atoms with van der Waals surface area (Å²) in [5, 5.41) is 4.95. The van der Waals surface area contributed by atoms with E-state index in [2.05, 4.69) is 255 Å². The Kier molecular flexibility index (Phi) is 9.42. The summed E-state index contributed by atoms with van der Waals surface area (Å²) in [6, 6.07) is 80.3. The first-order valence-corrected chi connectivity index (χ1v) is 22.4. The van der Waals surface area contributed by atoms with Crippen LogP contribution in [-0.2, 0) is 0 Å². The van der Waals surface area contributed by atoms with Crippen molar-refractivity contribution in [3.63, 3.8) is 0 Å². The van der Waals surface area contributed by atoms with Gasteiger partial charge < -0.3 is 0 Å². The van der Waals surface area contributed by atoms with Crippen LogP contribution in [0.15, 0.2) is 218 Å². The molecule has 0 amide bonds. The van der Waals surface area contributed by atoms with Crippen LogP contribution < -0.4 is 0 Å². The Morgan fingerprint density at radius 1 is 0.219 bits per heavy atom. The third kappa shape index (κ3) is 7.00. The molecule has 0 heterocycles. The fraction of sp³-hybridized carbons (Fsp3) is 0.0312. The van der Waals surface area contributed by atoms with E-state index in [1.165, 1.54) is 111 Å². The molecule has 0 heteroatoms. The fourth-order valence-corrected chi connectivity index (χ4v) is 10.2. The molecule has 0 bridgehead atoms. The highest BCUT2D eigenvalue weighted by atomic mass is 14.3. The van der Waals surface area contributed by atoms with Crippen LogP contribution in [0.2, 0.25) is 0 Å². The van der Waals surface area contributed by atoms with Crippen molar-refractivity contribution in [3.8, 4) is 22.3 Å².